The predicted molar refractivity (Wildman–Crippen MR) is 100 cm³/mol. The second-order valence-corrected chi connectivity index (χ2v) is 6.94. The Balaban J connectivity index is 1.45. The predicted octanol–water partition coefficient (Wildman–Crippen LogP) is 4.02. The van der Waals surface area contributed by atoms with Gasteiger partial charge in [0.05, 0.1) is 0 Å². The monoisotopic (exact) mass is 339 g/mol. The first kappa shape index (κ1) is 17.7. The number of rotatable bonds is 7. The first-order valence-corrected chi connectivity index (χ1v) is 9.60. The number of carbonyl (C=O) groups excluding carboxylic acids is 1. The average molecular weight is 339 g/mol. The van der Waals surface area contributed by atoms with Gasteiger partial charge >= 0.3 is 0 Å². The molecule has 134 valence electrons. The second-order valence-electron chi connectivity index (χ2n) is 6.94. The standard InChI is InChI=1S/C21H29N3O/c1-2-23-16-14-22-21(23)19-12-8-15-24(17-19)20(25)13-7-6-11-18-9-4-3-5-10-18/h3-5,9-10,14,16,19H,2,6-8,11-13,15,17H2,1H3/t19-/m0/s1. The highest BCUT2D eigenvalue weighted by atomic mass is 16.2. The number of hydrogen-bond donors (Lipinski definition) is 0. The number of amides is 1. The van der Waals surface area contributed by atoms with E-state index in [0.29, 0.717) is 18.2 Å². The molecule has 2 aromatic rings. The van der Waals surface area contributed by atoms with Crippen LogP contribution < -0.4 is 0 Å². The summed E-state index contributed by atoms with van der Waals surface area (Å²) in [4.78, 5) is 19.2. The molecule has 0 radical (unpaired) electrons. The lowest BCUT2D eigenvalue weighted by Gasteiger charge is -2.32. The van der Waals surface area contributed by atoms with Crippen LogP contribution in [0.5, 0.6) is 0 Å². The molecule has 4 nitrogen and oxygen atoms in total. The molecule has 1 amide bonds. The zero-order chi connectivity index (χ0) is 17.5. The lowest BCUT2D eigenvalue weighted by Crippen LogP contribution is -2.39. The molecule has 1 aromatic carbocycles. The van der Waals surface area contributed by atoms with Gasteiger partial charge in [0.1, 0.15) is 5.82 Å². The average Bonchev–Trinajstić information content (AvgIpc) is 3.15. The summed E-state index contributed by atoms with van der Waals surface area (Å²) in [6.07, 6.45) is 9.91. The molecule has 4 heteroatoms. The highest BCUT2D eigenvalue weighted by molar-refractivity contribution is 5.76. The van der Waals surface area contributed by atoms with E-state index in [0.717, 1.165) is 57.6 Å². The van der Waals surface area contributed by atoms with E-state index < -0.39 is 0 Å². The summed E-state index contributed by atoms with van der Waals surface area (Å²) < 4.78 is 2.21. The molecule has 1 aromatic heterocycles. The summed E-state index contributed by atoms with van der Waals surface area (Å²) in [5.74, 6) is 1.84. The Morgan fingerprint density at radius 3 is 2.88 bits per heavy atom. The molecule has 0 aliphatic carbocycles. The number of likely N-dealkylation sites (tertiary alicyclic amines) is 1. The molecule has 0 N–H and O–H groups in total. The molecule has 0 spiro atoms. The topological polar surface area (TPSA) is 38.1 Å². The minimum Gasteiger partial charge on any atom is -0.342 e. The molecule has 1 aliphatic rings. The number of benzene rings is 1. The van der Waals surface area contributed by atoms with Gasteiger partial charge in [-0.1, -0.05) is 30.3 Å². The normalized spacial score (nSPS) is 17.6. The van der Waals surface area contributed by atoms with Crippen LogP contribution in [0.15, 0.2) is 42.7 Å². The van der Waals surface area contributed by atoms with Crippen LogP contribution in [-0.2, 0) is 17.8 Å². The Morgan fingerprint density at radius 1 is 1.24 bits per heavy atom. The van der Waals surface area contributed by atoms with Crippen LogP contribution in [0.4, 0.5) is 0 Å². The van der Waals surface area contributed by atoms with Crippen LogP contribution in [-0.4, -0.2) is 33.4 Å². The van der Waals surface area contributed by atoms with Gasteiger partial charge in [-0.05, 0) is 44.6 Å². The van der Waals surface area contributed by atoms with Gasteiger partial charge in [-0.15, -0.1) is 0 Å². The minimum atomic E-state index is 0.312. The summed E-state index contributed by atoms with van der Waals surface area (Å²) in [7, 11) is 0. The second kappa shape index (κ2) is 8.84. The highest BCUT2D eigenvalue weighted by Crippen LogP contribution is 2.26. The van der Waals surface area contributed by atoms with Crippen LogP contribution in [0.2, 0.25) is 0 Å². The van der Waals surface area contributed by atoms with Crippen molar-refractivity contribution in [2.24, 2.45) is 0 Å². The van der Waals surface area contributed by atoms with Crippen molar-refractivity contribution in [3.05, 3.63) is 54.1 Å². The number of unbranched alkanes of at least 4 members (excludes halogenated alkanes) is 1. The van der Waals surface area contributed by atoms with Gasteiger partial charge in [-0.2, -0.15) is 0 Å². The number of piperidine rings is 1. The van der Waals surface area contributed by atoms with Gasteiger partial charge in [0.15, 0.2) is 0 Å². The van der Waals surface area contributed by atoms with Gasteiger partial charge in [0.25, 0.3) is 0 Å². The smallest absolute Gasteiger partial charge is 0.222 e. The third-order valence-corrected chi connectivity index (χ3v) is 5.18. The van der Waals surface area contributed by atoms with Crippen LogP contribution >= 0.6 is 0 Å². The van der Waals surface area contributed by atoms with Crippen LogP contribution in [0.1, 0.15) is 56.3 Å². The fourth-order valence-electron chi connectivity index (χ4n) is 3.77. The molecule has 1 atom stereocenters. The number of hydrogen-bond acceptors (Lipinski definition) is 2. The van der Waals surface area contributed by atoms with E-state index in [2.05, 4.69) is 45.6 Å². The summed E-state index contributed by atoms with van der Waals surface area (Å²) in [6, 6.07) is 10.5. The van der Waals surface area contributed by atoms with Crippen LogP contribution in [0.3, 0.4) is 0 Å². The Labute approximate surface area is 150 Å². The van der Waals surface area contributed by atoms with Crippen molar-refractivity contribution in [3.63, 3.8) is 0 Å². The quantitative estimate of drug-likeness (QED) is 0.715. The third kappa shape index (κ3) is 4.71. The first-order valence-electron chi connectivity index (χ1n) is 9.60. The lowest BCUT2D eigenvalue weighted by molar-refractivity contribution is -0.132. The first-order chi connectivity index (χ1) is 12.3. The molecule has 0 saturated carbocycles. The van der Waals surface area contributed by atoms with Gasteiger partial charge in [-0.25, -0.2) is 4.98 Å². The lowest BCUT2D eigenvalue weighted by atomic mass is 9.96. The van der Waals surface area contributed by atoms with Crippen molar-refractivity contribution >= 4 is 5.91 Å². The highest BCUT2D eigenvalue weighted by Gasteiger charge is 2.26. The van der Waals surface area contributed by atoms with E-state index in [4.69, 9.17) is 0 Å². The largest absolute Gasteiger partial charge is 0.342 e. The Bertz CT molecular complexity index is 665. The molecule has 1 saturated heterocycles. The number of aromatic nitrogens is 2. The maximum absolute atomic E-state index is 12.6. The van der Waals surface area contributed by atoms with Gasteiger partial charge in [0.2, 0.25) is 5.91 Å². The molecule has 25 heavy (non-hydrogen) atoms. The SMILES string of the molecule is CCn1ccnc1[C@H]1CCCN(C(=O)CCCCc2ccccc2)C1. The van der Waals surface area contributed by atoms with E-state index >= 15 is 0 Å². The third-order valence-electron chi connectivity index (χ3n) is 5.18. The summed E-state index contributed by atoms with van der Waals surface area (Å²) in [5.41, 5.74) is 1.36. The van der Waals surface area contributed by atoms with Gasteiger partial charge in [-0.3, -0.25) is 4.79 Å². The molecule has 0 unspecified atom stereocenters. The number of carbonyl (C=O) groups is 1. The summed E-state index contributed by atoms with van der Waals surface area (Å²) >= 11 is 0. The molecule has 2 heterocycles. The molecule has 1 fully saturated rings. The zero-order valence-corrected chi connectivity index (χ0v) is 15.2. The Hall–Kier alpha value is -2.10. The molecule has 1 aliphatic heterocycles. The van der Waals surface area contributed by atoms with E-state index in [1.165, 1.54) is 5.56 Å². The van der Waals surface area contributed by atoms with Crippen molar-refractivity contribution in [2.75, 3.05) is 13.1 Å². The Kier molecular flexibility index (Phi) is 6.26. The molecule has 0 bridgehead atoms. The van der Waals surface area contributed by atoms with E-state index in [-0.39, 0.29) is 0 Å². The maximum Gasteiger partial charge on any atom is 0.222 e. The number of nitrogens with zero attached hydrogens (tertiary/aromatic N) is 3. The Morgan fingerprint density at radius 2 is 2.08 bits per heavy atom. The fraction of sp³-hybridized carbons (Fsp3) is 0.524. The number of aryl methyl sites for hydroxylation is 2. The van der Waals surface area contributed by atoms with Gasteiger partial charge < -0.3 is 9.47 Å². The van der Waals surface area contributed by atoms with Crippen molar-refractivity contribution in [3.8, 4) is 0 Å². The zero-order valence-electron chi connectivity index (χ0n) is 15.2. The van der Waals surface area contributed by atoms with Crippen molar-refractivity contribution in [1.29, 1.82) is 0 Å². The van der Waals surface area contributed by atoms with Gasteiger partial charge in [0, 0.05) is 44.4 Å². The van der Waals surface area contributed by atoms with Crippen LogP contribution in [0, 0.1) is 0 Å². The van der Waals surface area contributed by atoms with E-state index in [1.54, 1.807) is 0 Å². The summed E-state index contributed by atoms with van der Waals surface area (Å²) in [6.45, 7) is 4.82. The molecular weight excluding hydrogens is 310 g/mol. The fourth-order valence-corrected chi connectivity index (χ4v) is 3.77. The van der Waals surface area contributed by atoms with Crippen molar-refractivity contribution in [2.45, 2.75) is 57.9 Å². The van der Waals surface area contributed by atoms with E-state index in [9.17, 15) is 4.79 Å². The summed E-state index contributed by atoms with van der Waals surface area (Å²) in [5, 5.41) is 0. The molecular formula is C21H29N3O. The van der Waals surface area contributed by atoms with Crippen LogP contribution in [0.25, 0.3) is 0 Å². The number of imidazole rings is 1. The maximum atomic E-state index is 12.6. The van der Waals surface area contributed by atoms with E-state index in [1.807, 2.05) is 18.5 Å². The molecule has 3 rings (SSSR count). The van der Waals surface area contributed by atoms with Crippen molar-refractivity contribution < 1.29 is 4.79 Å². The van der Waals surface area contributed by atoms with Crippen molar-refractivity contribution in [1.82, 2.24) is 14.5 Å². The minimum absolute atomic E-state index is 0.312.